The second kappa shape index (κ2) is 12.1. The van der Waals surface area contributed by atoms with E-state index in [0.717, 1.165) is 45.6 Å². The SMILES string of the molecule is COC(=O)CCCCNC(=O)NCC(CC(C)C)N1CCOCC1. The van der Waals surface area contributed by atoms with Crippen molar-refractivity contribution in [3.63, 3.8) is 0 Å². The first-order valence-corrected chi connectivity index (χ1v) is 8.93. The minimum Gasteiger partial charge on any atom is -0.469 e. The Kier molecular flexibility index (Phi) is 10.4. The maximum Gasteiger partial charge on any atom is 0.314 e. The zero-order valence-electron chi connectivity index (χ0n) is 15.3. The van der Waals surface area contributed by atoms with Gasteiger partial charge in [-0.25, -0.2) is 4.79 Å². The molecule has 2 amide bonds. The van der Waals surface area contributed by atoms with E-state index in [1.807, 2.05) is 0 Å². The Labute approximate surface area is 145 Å². The van der Waals surface area contributed by atoms with Crippen molar-refractivity contribution in [2.45, 2.75) is 45.6 Å². The summed E-state index contributed by atoms with van der Waals surface area (Å²) < 4.78 is 9.99. The highest BCUT2D eigenvalue weighted by atomic mass is 16.5. The average Bonchev–Trinajstić information content (AvgIpc) is 2.58. The second-order valence-electron chi connectivity index (χ2n) is 6.60. The van der Waals surface area contributed by atoms with Crippen LogP contribution in [0.5, 0.6) is 0 Å². The minimum absolute atomic E-state index is 0.143. The molecule has 1 atom stereocenters. The molecule has 1 saturated heterocycles. The molecule has 140 valence electrons. The highest BCUT2D eigenvalue weighted by molar-refractivity contribution is 5.73. The van der Waals surface area contributed by atoms with Crippen LogP contribution in [0.15, 0.2) is 0 Å². The Hall–Kier alpha value is -1.34. The molecule has 0 spiro atoms. The molecule has 1 fully saturated rings. The van der Waals surface area contributed by atoms with Crippen LogP contribution in [-0.4, -0.2) is 69.4 Å². The number of carbonyl (C=O) groups is 2. The number of carbonyl (C=O) groups excluding carboxylic acids is 2. The van der Waals surface area contributed by atoms with Gasteiger partial charge in [-0.3, -0.25) is 9.69 Å². The summed E-state index contributed by atoms with van der Waals surface area (Å²) in [6.07, 6.45) is 2.94. The summed E-state index contributed by atoms with van der Waals surface area (Å²) in [5, 5.41) is 5.81. The van der Waals surface area contributed by atoms with Crippen molar-refractivity contribution >= 4 is 12.0 Å². The number of methoxy groups -OCH3 is 1. The van der Waals surface area contributed by atoms with Gasteiger partial charge in [0.15, 0.2) is 0 Å². The van der Waals surface area contributed by atoms with Crippen LogP contribution in [0.1, 0.15) is 39.5 Å². The van der Waals surface area contributed by atoms with Gasteiger partial charge in [0, 0.05) is 38.6 Å². The molecule has 1 aliphatic heterocycles. The van der Waals surface area contributed by atoms with Crippen LogP contribution >= 0.6 is 0 Å². The topological polar surface area (TPSA) is 79.9 Å². The normalized spacial score (nSPS) is 16.7. The van der Waals surface area contributed by atoms with Gasteiger partial charge >= 0.3 is 12.0 Å². The third kappa shape index (κ3) is 9.08. The van der Waals surface area contributed by atoms with E-state index < -0.39 is 0 Å². The lowest BCUT2D eigenvalue weighted by molar-refractivity contribution is -0.140. The largest absolute Gasteiger partial charge is 0.469 e. The molecule has 7 heteroatoms. The lowest BCUT2D eigenvalue weighted by Gasteiger charge is -2.35. The van der Waals surface area contributed by atoms with Crippen LogP contribution in [0.3, 0.4) is 0 Å². The molecule has 7 nitrogen and oxygen atoms in total. The molecule has 2 N–H and O–H groups in total. The van der Waals surface area contributed by atoms with Gasteiger partial charge in [0.25, 0.3) is 0 Å². The van der Waals surface area contributed by atoms with Gasteiger partial charge in [0.1, 0.15) is 0 Å². The number of hydrogen-bond acceptors (Lipinski definition) is 5. The number of hydrogen-bond donors (Lipinski definition) is 2. The molecule has 0 radical (unpaired) electrons. The molecule has 1 heterocycles. The summed E-state index contributed by atoms with van der Waals surface area (Å²) in [4.78, 5) is 25.3. The highest BCUT2D eigenvalue weighted by Gasteiger charge is 2.22. The summed E-state index contributed by atoms with van der Waals surface area (Å²) in [5.74, 6) is 0.377. The van der Waals surface area contributed by atoms with Crippen molar-refractivity contribution in [3.8, 4) is 0 Å². The molecule has 24 heavy (non-hydrogen) atoms. The van der Waals surface area contributed by atoms with E-state index in [1.54, 1.807) is 0 Å². The van der Waals surface area contributed by atoms with Crippen LogP contribution in [0.25, 0.3) is 0 Å². The van der Waals surface area contributed by atoms with Gasteiger partial charge in [-0.05, 0) is 25.2 Å². The van der Waals surface area contributed by atoms with Crippen molar-refractivity contribution in [2.75, 3.05) is 46.5 Å². The van der Waals surface area contributed by atoms with E-state index in [4.69, 9.17) is 4.74 Å². The molecular weight excluding hydrogens is 310 g/mol. The van der Waals surface area contributed by atoms with Crippen molar-refractivity contribution in [1.82, 2.24) is 15.5 Å². The predicted octanol–water partition coefficient (Wildman–Crippen LogP) is 1.38. The van der Waals surface area contributed by atoms with E-state index in [0.29, 0.717) is 31.5 Å². The second-order valence-corrected chi connectivity index (χ2v) is 6.60. The lowest BCUT2D eigenvalue weighted by atomic mass is 10.0. The van der Waals surface area contributed by atoms with Gasteiger partial charge in [-0.15, -0.1) is 0 Å². The highest BCUT2D eigenvalue weighted by Crippen LogP contribution is 2.12. The molecule has 1 aliphatic rings. The smallest absolute Gasteiger partial charge is 0.314 e. The average molecular weight is 343 g/mol. The fourth-order valence-electron chi connectivity index (χ4n) is 2.82. The molecule has 0 aromatic carbocycles. The van der Waals surface area contributed by atoms with E-state index in [9.17, 15) is 9.59 Å². The third-order valence-corrected chi connectivity index (χ3v) is 4.12. The predicted molar refractivity (Wildman–Crippen MR) is 92.9 cm³/mol. The number of ether oxygens (including phenoxy) is 2. The van der Waals surface area contributed by atoms with Crippen LogP contribution in [0.4, 0.5) is 4.79 Å². The van der Waals surface area contributed by atoms with Crippen molar-refractivity contribution < 1.29 is 19.1 Å². The standard InChI is InChI=1S/C17H33N3O4/c1-14(2)12-15(20-8-10-24-11-9-20)13-19-17(22)18-7-5-4-6-16(21)23-3/h14-15H,4-13H2,1-3H3,(H2,18,19,22). The van der Waals surface area contributed by atoms with E-state index in [1.165, 1.54) is 7.11 Å². The number of amides is 2. The van der Waals surface area contributed by atoms with Crippen molar-refractivity contribution in [3.05, 3.63) is 0 Å². The lowest BCUT2D eigenvalue weighted by Crippen LogP contribution is -2.50. The summed E-state index contributed by atoms with van der Waals surface area (Å²) in [6, 6.07) is 0.203. The molecule has 1 unspecified atom stereocenters. The maximum atomic E-state index is 11.9. The number of esters is 1. The van der Waals surface area contributed by atoms with Gasteiger partial charge in [0.2, 0.25) is 0 Å². The fraction of sp³-hybridized carbons (Fsp3) is 0.882. The molecule has 0 aromatic heterocycles. The van der Waals surface area contributed by atoms with E-state index in [-0.39, 0.29) is 12.0 Å². The van der Waals surface area contributed by atoms with Gasteiger partial charge in [-0.1, -0.05) is 13.8 Å². The van der Waals surface area contributed by atoms with Crippen LogP contribution in [-0.2, 0) is 14.3 Å². The minimum atomic E-state index is -0.207. The maximum absolute atomic E-state index is 11.9. The molecule has 0 aromatic rings. The molecule has 0 aliphatic carbocycles. The Bertz CT molecular complexity index is 371. The summed E-state index contributed by atoms with van der Waals surface area (Å²) in [5.41, 5.74) is 0. The monoisotopic (exact) mass is 343 g/mol. The third-order valence-electron chi connectivity index (χ3n) is 4.12. The first-order valence-electron chi connectivity index (χ1n) is 8.93. The Morgan fingerprint density at radius 2 is 1.88 bits per heavy atom. The molecule has 0 bridgehead atoms. The number of unbranched alkanes of at least 4 members (excludes halogenated alkanes) is 1. The molecular formula is C17H33N3O4. The van der Waals surface area contributed by atoms with Crippen LogP contribution in [0.2, 0.25) is 0 Å². The van der Waals surface area contributed by atoms with Crippen molar-refractivity contribution in [1.29, 1.82) is 0 Å². The number of nitrogens with one attached hydrogen (secondary N) is 2. The first-order chi connectivity index (χ1) is 11.5. The zero-order valence-corrected chi connectivity index (χ0v) is 15.3. The molecule has 1 rings (SSSR count). The number of nitrogens with zero attached hydrogens (tertiary/aromatic N) is 1. The van der Waals surface area contributed by atoms with E-state index >= 15 is 0 Å². The number of rotatable bonds is 10. The Morgan fingerprint density at radius 3 is 2.50 bits per heavy atom. The zero-order chi connectivity index (χ0) is 17.8. The van der Waals surface area contributed by atoms with Gasteiger partial charge < -0.3 is 20.1 Å². The molecule has 0 saturated carbocycles. The Morgan fingerprint density at radius 1 is 1.17 bits per heavy atom. The van der Waals surface area contributed by atoms with Crippen LogP contribution in [0, 0.1) is 5.92 Å². The van der Waals surface area contributed by atoms with Crippen LogP contribution < -0.4 is 10.6 Å². The fourth-order valence-corrected chi connectivity index (χ4v) is 2.82. The summed E-state index contributed by atoms with van der Waals surface area (Å²) >= 11 is 0. The first kappa shape index (κ1) is 20.7. The van der Waals surface area contributed by atoms with Gasteiger partial charge in [0.05, 0.1) is 20.3 Å². The summed E-state index contributed by atoms with van der Waals surface area (Å²) in [7, 11) is 1.38. The number of morpholine rings is 1. The number of urea groups is 1. The van der Waals surface area contributed by atoms with Gasteiger partial charge in [-0.2, -0.15) is 0 Å². The quantitative estimate of drug-likeness (QED) is 0.463. The van der Waals surface area contributed by atoms with Crippen molar-refractivity contribution in [2.24, 2.45) is 5.92 Å². The van der Waals surface area contributed by atoms with E-state index in [2.05, 4.69) is 34.1 Å². The summed E-state index contributed by atoms with van der Waals surface area (Å²) in [6.45, 7) is 9.00. The Balaban J connectivity index is 2.21.